The molecule has 0 bridgehead atoms. The van der Waals surface area contributed by atoms with Crippen LogP contribution in [0.5, 0.6) is 0 Å². The number of rotatable bonds is 2. The van der Waals surface area contributed by atoms with E-state index in [1.807, 2.05) is 5.32 Å². The second-order valence-electron chi connectivity index (χ2n) is 2.02. The number of hydrogen-bond acceptors (Lipinski definition) is 3. The predicted octanol–water partition coefficient (Wildman–Crippen LogP) is -1.31. The number of aliphatic carboxylic acids is 2. The number of nitrogens with zero attached hydrogens (tertiary/aromatic N) is 1. The highest BCUT2D eigenvalue weighted by Crippen LogP contribution is 2.00. The maximum atomic E-state index is 10.4. The summed E-state index contributed by atoms with van der Waals surface area (Å²) in [5, 5.41) is 18.6. The molecule has 64 valence electrons. The molecule has 0 aromatic rings. The predicted molar refractivity (Wildman–Crippen MR) is 35.0 cm³/mol. The van der Waals surface area contributed by atoms with Gasteiger partial charge in [0.15, 0.2) is 11.8 Å². The number of carbonyl (C=O) groups is 3. The van der Waals surface area contributed by atoms with Crippen LogP contribution in [0.25, 0.3) is 0 Å². The Morgan fingerprint density at radius 1 is 1.42 bits per heavy atom. The first-order chi connectivity index (χ1) is 5.52. The van der Waals surface area contributed by atoms with Crippen LogP contribution in [0, 0.1) is 0 Å². The van der Waals surface area contributed by atoms with Crippen molar-refractivity contribution in [2.24, 2.45) is 4.99 Å². The van der Waals surface area contributed by atoms with Crippen LogP contribution in [0.15, 0.2) is 4.99 Å². The fraction of sp³-hybridized carbons (Fsp3) is 0.200. The Morgan fingerprint density at radius 3 is 2.33 bits per heavy atom. The summed E-state index contributed by atoms with van der Waals surface area (Å²) >= 11 is 0. The van der Waals surface area contributed by atoms with Crippen molar-refractivity contribution < 1.29 is 24.6 Å². The average Bonchev–Trinajstić information content (AvgIpc) is 2.31. The number of carbonyl (C=O) groups excluding carboxylic acids is 1. The lowest BCUT2D eigenvalue weighted by Gasteiger charge is -2.02. The van der Waals surface area contributed by atoms with Crippen LogP contribution in [-0.4, -0.2) is 39.9 Å². The Hall–Kier alpha value is -1.92. The molecule has 7 heteroatoms. The summed E-state index contributed by atoms with van der Waals surface area (Å²) in [6.45, 7) is 0. The van der Waals surface area contributed by atoms with Crippen molar-refractivity contribution in [1.29, 1.82) is 0 Å². The highest BCUT2D eigenvalue weighted by molar-refractivity contribution is 6.45. The van der Waals surface area contributed by atoms with Crippen molar-refractivity contribution in [2.75, 3.05) is 0 Å². The molecule has 1 unspecified atom stereocenters. The van der Waals surface area contributed by atoms with E-state index in [9.17, 15) is 14.4 Å². The molecule has 0 aliphatic carbocycles. The second kappa shape index (κ2) is 2.61. The summed E-state index contributed by atoms with van der Waals surface area (Å²) in [6.07, 6.45) is 0. The van der Waals surface area contributed by atoms with E-state index in [4.69, 9.17) is 10.2 Å². The minimum absolute atomic E-state index is 0.687. The van der Waals surface area contributed by atoms with E-state index in [-0.39, 0.29) is 0 Å². The number of urea groups is 1. The monoisotopic (exact) mass is 172 g/mol. The molecule has 0 fully saturated rings. The summed E-state index contributed by atoms with van der Waals surface area (Å²) in [5.74, 6) is -2.96. The molecule has 3 N–H and O–H groups in total. The maximum absolute atomic E-state index is 10.4. The second-order valence-corrected chi connectivity index (χ2v) is 2.02. The lowest BCUT2D eigenvalue weighted by Crippen LogP contribution is -2.42. The molecule has 1 atom stereocenters. The van der Waals surface area contributed by atoms with Crippen molar-refractivity contribution in [3.63, 3.8) is 0 Å². The first-order valence-electron chi connectivity index (χ1n) is 2.87. The van der Waals surface area contributed by atoms with Gasteiger partial charge in [0.25, 0.3) is 0 Å². The van der Waals surface area contributed by atoms with E-state index in [1.165, 1.54) is 0 Å². The van der Waals surface area contributed by atoms with Gasteiger partial charge in [-0.3, -0.25) is 0 Å². The largest absolute Gasteiger partial charge is 0.479 e. The van der Waals surface area contributed by atoms with Crippen LogP contribution >= 0.6 is 0 Å². The first kappa shape index (κ1) is 8.18. The lowest BCUT2D eigenvalue weighted by atomic mass is 10.2. The molecule has 1 aliphatic rings. The third-order valence-electron chi connectivity index (χ3n) is 1.23. The van der Waals surface area contributed by atoms with E-state index in [1.54, 1.807) is 0 Å². The van der Waals surface area contributed by atoms with Crippen LogP contribution in [0.4, 0.5) is 4.79 Å². The van der Waals surface area contributed by atoms with Crippen LogP contribution < -0.4 is 5.32 Å². The van der Waals surface area contributed by atoms with Gasteiger partial charge in [0.05, 0.1) is 0 Å². The Labute approximate surface area is 65.7 Å². The zero-order valence-corrected chi connectivity index (χ0v) is 5.64. The van der Waals surface area contributed by atoms with Crippen molar-refractivity contribution in [2.45, 2.75) is 6.04 Å². The number of aliphatic imine (C=N–C) groups is 1. The van der Waals surface area contributed by atoms with Gasteiger partial charge in [-0.05, 0) is 0 Å². The van der Waals surface area contributed by atoms with Crippen LogP contribution in [0.1, 0.15) is 0 Å². The summed E-state index contributed by atoms with van der Waals surface area (Å²) < 4.78 is 0. The Bertz CT molecular complexity index is 294. The molecule has 0 spiro atoms. The molecule has 0 saturated carbocycles. The smallest absolute Gasteiger partial charge is 0.353 e. The molecular formula is C5H4N2O5. The summed E-state index contributed by atoms with van der Waals surface area (Å²) in [4.78, 5) is 34.0. The molecule has 0 radical (unpaired) electrons. The van der Waals surface area contributed by atoms with Gasteiger partial charge in [-0.15, -0.1) is 0 Å². The molecule has 2 amide bonds. The molecule has 0 saturated heterocycles. The van der Waals surface area contributed by atoms with Gasteiger partial charge >= 0.3 is 18.0 Å². The van der Waals surface area contributed by atoms with E-state index < -0.39 is 29.7 Å². The van der Waals surface area contributed by atoms with Crippen LogP contribution in [-0.2, 0) is 9.59 Å². The summed E-state index contributed by atoms with van der Waals surface area (Å²) in [7, 11) is 0. The molecule has 7 nitrogen and oxygen atoms in total. The van der Waals surface area contributed by atoms with Crippen LogP contribution in [0.3, 0.4) is 0 Å². The van der Waals surface area contributed by atoms with Gasteiger partial charge in [-0.2, -0.15) is 4.99 Å². The lowest BCUT2D eigenvalue weighted by molar-refractivity contribution is -0.138. The molecule has 1 rings (SSSR count). The van der Waals surface area contributed by atoms with Gasteiger partial charge in [-0.25, -0.2) is 14.4 Å². The topological polar surface area (TPSA) is 116 Å². The summed E-state index contributed by atoms with van der Waals surface area (Å²) in [5.41, 5.74) is -0.687. The molecule has 0 aromatic carbocycles. The fourth-order valence-corrected chi connectivity index (χ4v) is 0.748. The van der Waals surface area contributed by atoms with Gasteiger partial charge in [-0.1, -0.05) is 0 Å². The Morgan fingerprint density at radius 2 is 2.00 bits per heavy atom. The fourth-order valence-electron chi connectivity index (χ4n) is 0.748. The standard InChI is InChI=1S/C5H4N2O5/c8-3(9)1-2(4(10)11)7-5(12)6-1/h1H,(H,6,12)(H,8,9)(H,10,11). The normalized spacial score (nSPS) is 21.5. The highest BCUT2D eigenvalue weighted by atomic mass is 16.4. The van der Waals surface area contributed by atoms with E-state index in [0.29, 0.717) is 0 Å². The van der Waals surface area contributed by atoms with Crippen LogP contribution in [0.2, 0.25) is 0 Å². The highest BCUT2D eigenvalue weighted by Gasteiger charge is 2.36. The maximum Gasteiger partial charge on any atom is 0.353 e. The number of carboxylic acids is 2. The van der Waals surface area contributed by atoms with Gasteiger partial charge in [0.2, 0.25) is 0 Å². The molecule has 1 aliphatic heterocycles. The molecule has 0 aromatic heterocycles. The third-order valence-corrected chi connectivity index (χ3v) is 1.23. The van der Waals surface area contributed by atoms with Crippen molar-refractivity contribution in [3.8, 4) is 0 Å². The van der Waals surface area contributed by atoms with Crippen molar-refractivity contribution in [3.05, 3.63) is 0 Å². The van der Waals surface area contributed by atoms with E-state index in [2.05, 4.69) is 4.99 Å². The van der Waals surface area contributed by atoms with Gasteiger partial charge < -0.3 is 15.5 Å². The van der Waals surface area contributed by atoms with Crippen molar-refractivity contribution in [1.82, 2.24) is 5.32 Å². The molecule has 12 heavy (non-hydrogen) atoms. The van der Waals surface area contributed by atoms with Crippen molar-refractivity contribution >= 4 is 23.7 Å². The number of hydrogen-bond donors (Lipinski definition) is 3. The number of amides is 2. The zero-order chi connectivity index (χ0) is 9.30. The Balaban J connectivity index is 2.94. The SMILES string of the molecule is O=C1N=C(C(=O)O)C(C(=O)O)N1. The minimum atomic E-state index is -1.53. The first-order valence-corrected chi connectivity index (χ1v) is 2.87. The molecular weight excluding hydrogens is 168 g/mol. The Kier molecular flexibility index (Phi) is 1.78. The quantitative estimate of drug-likeness (QED) is 0.478. The number of carboxylic acid groups (broad SMARTS) is 2. The van der Waals surface area contributed by atoms with E-state index in [0.717, 1.165) is 0 Å². The summed E-state index contributed by atoms with van der Waals surface area (Å²) in [6, 6.07) is -2.48. The molecule has 1 heterocycles. The minimum Gasteiger partial charge on any atom is -0.479 e. The zero-order valence-electron chi connectivity index (χ0n) is 5.64. The third kappa shape index (κ3) is 1.24. The van der Waals surface area contributed by atoms with Gasteiger partial charge in [0, 0.05) is 0 Å². The number of nitrogens with one attached hydrogen (secondary N) is 1. The van der Waals surface area contributed by atoms with E-state index >= 15 is 0 Å². The average molecular weight is 172 g/mol. The van der Waals surface area contributed by atoms with Gasteiger partial charge in [0.1, 0.15) is 0 Å².